The van der Waals surface area contributed by atoms with Gasteiger partial charge in [-0.3, -0.25) is 0 Å². The Morgan fingerprint density at radius 2 is 2.00 bits per heavy atom. The van der Waals surface area contributed by atoms with E-state index in [1.54, 1.807) is 12.1 Å². The highest BCUT2D eigenvalue weighted by Gasteiger charge is 2.35. The molecule has 0 spiro atoms. The molecule has 1 aliphatic carbocycles. The fourth-order valence-corrected chi connectivity index (χ4v) is 2.07. The standard InChI is InChI=1S/C13H16N2O/c1-15(10-13(16)7-2-8-13)12-5-3-11(9-14)4-6-12/h3-6,16H,2,7-8,10H2,1H3. The Bertz CT molecular complexity index is 401. The van der Waals surface area contributed by atoms with E-state index in [0.717, 1.165) is 24.9 Å². The molecule has 3 nitrogen and oxygen atoms in total. The van der Waals surface area contributed by atoms with Gasteiger partial charge in [0, 0.05) is 19.3 Å². The van der Waals surface area contributed by atoms with Crippen LogP contribution in [0.3, 0.4) is 0 Å². The predicted molar refractivity (Wildman–Crippen MR) is 63.2 cm³/mol. The molecule has 3 heteroatoms. The summed E-state index contributed by atoms with van der Waals surface area (Å²) in [5.41, 5.74) is 1.21. The van der Waals surface area contributed by atoms with E-state index >= 15 is 0 Å². The van der Waals surface area contributed by atoms with Gasteiger partial charge in [-0.1, -0.05) is 0 Å². The Kier molecular flexibility index (Phi) is 2.84. The summed E-state index contributed by atoms with van der Waals surface area (Å²) in [4.78, 5) is 2.04. The van der Waals surface area contributed by atoms with E-state index in [0.29, 0.717) is 12.1 Å². The molecule has 1 aromatic rings. The zero-order chi connectivity index (χ0) is 11.6. The van der Waals surface area contributed by atoms with Gasteiger partial charge in [0.25, 0.3) is 0 Å². The number of nitrogens with zero attached hydrogens (tertiary/aromatic N) is 2. The van der Waals surface area contributed by atoms with Gasteiger partial charge in [0.15, 0.2) is 0 Å². The molecule has 0 aliphatic heterocycles. The van der Waals surface area contributed by atoms with Gasteiger partial charge < -0.3 is 10.0 Å². The minimum absolute atomic E-state index is 0.497. The Balaban J connectivity index is 2.03. The Morgan fingerprint density at radius 1 is 1.38 bits per heavy atom. The van der Waals surface area contributed by atoms with Crippen LogP contribution in [0.15, 0.2) is 24.3 Å². The maximum atomic E-state index is 10.0. The van der Waals surface area contributed by atoms with Crippen LogP contribution in [0.2, 0.25) is 0 Å². The minimum Gasteiger partial charge on any atom is -0.388 e. The fourth-order valence-electron chi connectivity index (χ4n) is 2.07. The summed E-state index contributed by atoms with van der Waals surface area (Å²) in [6.45, 7) is 0.666. The van der Waals surface area contributed by atoms with Gasteiger partial charge in [-0.15, -0.1) is 0 Å². The number of rotatable bonds is 3. The van der Waals surface area contributed by atoms with E-state index in [2.05, 4.69) is 6.07 Å². The van der Waals surface area contributed by atoms with Crippen molar-refractivity contribution >= 4 is 5.69 Å². The molecule has 1 saturated carbocycles. The van der Waals surface area contributed by atoms with Gasteiger partial charge in [-0.05, 0) is 43.5 Å². The van der Waals surface area contributed by atoms with Crippen molar-refractivity contribution in [3.8, 4) is 6.07 Å². The van der Waals surface area contributed by atoms with Crippen molar-refractivity contribution in [1.29, 1.82) is 5.26 Å². The first-order valence-electron chi connectivity index (χ1n) is 5.57. The molecule has 1 aliphatic rings. The van der Waals surface area contributed by atoms with Crippen LogP contribution in [0, 0.1) is 11.3 Å². The first kappa shape index (κ1) is 11.0. The lowest BCUT2D eigenvalue weighted by molar-refractivity contribution is -0.0247. The Morgan fingerprint density at radius 3 is 2.44 bits per heavy atom. The van der Waals surface area contributed by atoms with Crippen LogP contribution in [0.1, 0.15) is 24.8 Å². The smallest absolute Gasteiger partial charge is 0.0991 e. The van der Waals surface area contributed by atoms with Crippen molar-refractivity contribution in [3.05, 3.63) is 29.8 Å². The second kappa shape index (κ2) is 4.15. The van der Waals surface area contributed by atoms with Crippen LogP contribution in [0.4, 0.5) is 5.69 Å². The number of nitriles is 1. The number of benzene rings is 1. The van der Waals surface area contributed by atoms with Crippen LogP contribution in [0.5, 0.6) is 0 Å². The normalized spacial score (nSPS) is 17.3. The summed E-state index contributed by atoms with van der Waals surface area (Å²) >= 11 is 0. The summed E-state index contributed by atoms with van der Waals surface area (Å²) in [7, 11) is 1.97. The second-order valence-corrected chi connectivity index (χ2v) is 4.59. The van der Waals surface area contributed by atoms with E-state index in [4.69, 9.17) is 5.26 Å². The van der Waals surface area contributed by atoms with E-state index in [1.165, 1.54) is 0 Å². The third-order valence-electron chi connectivity index (χ3n) is 3.25. The van der Waals surface area contributed by atoms with Gasteiger partial charge in [0.1, 0.15) is 0 Å². The molecular formula is C13H16N2O. The SMILES string of the molecule is CN(CC1(O)CCC1)c1ccc(C#N)cc1. The molecule has 1 N–H and O–H groups in total. The number of hydrogen-bond acceptors (Lipinski definition) is 3. The molecule has 0 atom stereocenters. The summed E-state index contributed by atoms with van der Waals surface area (Å²) in [5.74, 6) is 0. The predicted octanol–water partition coefficient (Wildman–Crippen LogP) is 1.91. The Labute approximate surface area is 95.9 Å². The molecule has 84 valence electrons. The lowest BCUT2D eigenvalue weighted by atomic mass is 9.80. The third kappa shape index (κ3) is 2.17. The number of aliphatic hydroxyl groups is 1. The second-order valence-electron chi connectivity index (χ2n) is 4.59. The number of anilines is 1. The first-order chi connectivity index (χ1) is 7.63. The van der Waals surface area contributed by atoms with E-state index in [1.807, 2.05) is 24.1 Å². The molecule has 0 radical (unpaired) electrons. The zero-order valence-corrected chi connectivity index (χ0v) is 9.48. The molecule has 0 unspecified atom stereocenters. The Hall–Kier alpha value is -1.53. The highest BCUT2D eigenvalue weighted by atomic mass is 16.3. The van der Waals surface area contributed by atoms with Crippen molar-refractivity contribution in [1.82, 2.24) is 0 Å². The van der Waals surface area contributed by atoms with E-state index in [-0.39, 0.29) is 0 Å². The van der Waals surface area contributed by atoms with Gasteiger partial charge >= 0.3 is 0 Å². The van der Waals surface area contributed by atoms with Crippen LogP contribution in [-0.2, 0) is 0 Å². The van der Waals surface area contributed by atoms with Gasteiger partial charge in [0.05, 0.1) is 17.2 Å². The zero-order valence-electron chi connectivity index (χ0n) is 9.48. The molecule has 1 fully saturated rings. The molecule has 16 heavy (non-hydrogen) atoms. The van der Waals surface area contributed by atoms with Crippen molar-refractivity contribution in [2.75, 3.05) is 18.5 Å². The number of hydrogen-bond donors (Lipinski definition) is 1. The van der Waals surface area contributed by atoms with E-state index < -0.39 is 5.60 Å². The summed E-state index contributed by atoms with van der Waals surface area (Å²) < 4.78 is 0. The minimum atomic E-state index is -0.497. The lowest BCUT2D eigenvalue weighted by Crippen LogP contribution is -2.46. The lowest BCUT2D eigenvalue weighted by Gasteiger charge is -2.40. The average molecular weight is 216 g/mol. The van der Waals surface area contributed by atoms with E-state index in [9.17, 15) is 5.11 Å². The molecular weight excluding hydrogens is 200 g/mol. The molecule has 0 aromatic heterocycles. The molecule has 0 saturated heterocycles. The third-order valence-corrected chi connectivity index (χ3v) is 3.25. The topological polar surface area (TPSA) is 47.3 Å². The van der Waals surface area contributed by atoms with Gasteiger partial charge in [-0.25, -0.2) is 0 Å². The largest absolute Gasteiger partial charge is 0.388 e. The van der Waals surface area contributed by atoms with Crippen molar-refractivity contribution in [2.24, 2.45) is 0 Å². The highest BCUT2D eigenvalue weighted by molar-refractivity contribution is 5.49. The summed E-state index contributed by atoms with van der Waals surface area (Å²) in [5, 5.41) is 18.7. The molecule has 0 amide bonds. The first-order valence-corrected chi connectivity index (χ1v) is 5.57. The van der Waals surface area contributed by atoms with Crippen molar-refractivity contribution in [2.45, 2.75) is 24.9 Å². The quantitative estimate of drug-likeness (QED) is 0.839. The van der Waals surface area contributed by atoms with Gasteiger partial charge in [-0.2, -0.15) is 5.26 Å². The summed E-state index contributed by atoms with van der Waals surface area (Å²) in [6.07, 6.45) is 2.92. The fraction of sp³-hybridized carbons (Fsp3) is 0.462. The summed E-state index contributed by atoms with van der Waals surface area (Å²) in [6, 6.07) is 9.53. The van der Waals surface area contributed by atoms with Gasteiger partial charge in [0.2, 0.25) is 0 Å². The highest BCUT2D eigenvalue weighted by Crippen LogP contribution is 2.33. The maximum absolute atomic E-state index is 10.0. The molecule has 2 rings (SSSR count). The van der Waals surface area contributed by atoms with Crippen molar-refractivity contribution in [3.63, 3.8) is 0 Å². The monoisotopic (exact) mass is 216 g/mol. The van der Waals surface area contributed by atoms with Crippen molar-refractivity contribution < 1.29 is 5.11 Å². The average Bonchev–Trinajstić information content (AvgIpc) is 2.27. The number of likely N-dealkylation sites (N-methyl/N-ethyl adjacent to an activating group) is 1. The molecule has 0 bridgehead atoms. The molecule has 1 aromatic carbocycles. The maximum Gasteiger partial charge on any atom is 0.0991 e. The van der Waals surface area contributed by atoms with Crippen LogP contribution >= 0.6 is 0 Å². The molecule has 0 heterocycles. The van der Waals surface area contributed by atoms with Crippen LogP contribution < -0.4 is 4.90 Å². The van der Waals surface area contributed by atoms with Crippen LogP contribution in [0.25, 0.3) is 0 Å². The van der Waals surface area contributed by atoms with Crippen LogP contribution in [-0.4, -0.2) is 24.3 Å².